The van der Waals surface area contributed by atoms with Crippen molar-refractivity contribution >= 4 is 5.97 Å². The molecule has 1 unspecified atom stereocenters. The second-order valence-corrected chi connectivity index (χ2v) is 3.57. The summed E-state index contributed by atoms with van der Waals surface area (Å²) in [7, 11) is 2.60. The fourth-order valence-corrected chi connectivity index (χ4v) is 1.52. The highest BCUT2D eigenvalue weighted by atomic mass is 19.1. The zero-order valence-corrected chi connectivity index (χ0v) is 9.94. The van der Waals surface area contributed by atoms with E-state index in [1.807, 2.05) is 0 Å². The van der Waals surface area contributed by atoms with Gasteiger partial charge in [-0.1, -0.05) is 0 Å². The van der Waals surface area contributed by atoms with Gasteiger partial charge in [-0.25, -0.2) is 4.39 Å². The minimum Gasteiger partial charge on any atom is -0.505 e. The first-order chi connectivity index (χ1) is 8.42. The van der Waals surface area contributed by atoms with E-state index in [2.05, 4.69) is 0 Å². The van der Waals surface area contributed by atoms with Gasteiger partial charge in [0.1, 0.15) is 6.04 Å². The third kappa shape index (κ3) is 2.62. The Morgan fingerprint density at radius 3 is 2.56 bits per heavy atom. The summed E-state index contributed by atoms with van der Waals surface area (Å²) < 4.78 is 23.6. The Kier molecular flexibility index (Phi) is 4.33. The molecule has 18 heavy (non-hydrogen) atoms. The van der Waals surface area contributed by atoms with Crippen LogP contribution in [0.15, 0.2) is 6.07 Å². The van der Waals surface area contributed by atoms with Crippen LogP contribution < -0.4 is 15.2 Å². The number of hydrogen-bond acceptors (Lipinski definition) is 5. The third-order valence-corrected chi connectivity index (χ3v) is 2.42. The van der Waals surface area contributed by atoms with E-state index in [1.54, 1.807) is 0 Å². The van der Waals surface area contributed by atoms with Crippen molar-refractivity contribution in [1.82, 2.24) is 0 Å². The fraction of sp³-hybridized carbons (Fsp3) is 0.364. The minimum atomic E-state index is -1.31. The predicted molar refractivity (Wildman–Crippen MR) is 60.5 cm³/mol. The number of phenolic OH excluding ortho intramolecular Hbond substituents is 1. The van der Waals surface area contributed by atoms with Crippen molar-refractivity contribution in [1.29, 1.82) is 0 Å². The largest absolute Gasteiger partial charge is 0.505 e. The Balaban J connectivity index is 3.30. The van der Waals surface area contributed by atoms with Crippen LogP contribution in [0.1, 0.15) is 5.56 Å². The van der Waals surface area contributed by atoms with E-state index in [4.69, 9.17) is 20.3 Å². The summed E-state index contributed by atoms with van der Waals surface area (Å²) in [5.41, 5.74) is 5.20. The molecule has 4 N–H and O–H groups in total. The second-order valence-electron chi connectivity index (χ2n) is 3.57. The fourth-order valence-electron chi connectivity index (χ4n) is 1.52. The molecule has 0 aromatic heterocycles. The van der Waals surface area contributed by atoms with E-state index in [0.29, 0.717) is 0 Å². The first-order valence-corrected chi connectivity index (χ1v) is 5.03. The molecule has 7 heteroatoms. The summed E-state index contributed by atoms with van der Waals surface area (Å²) in [4.78, 5) is 10.7. The SMILES string of the molecule is COc1cc(O)c(F)c(CC(N)C(=O)O)c1OC. The molecule has 0 aliphatic heterocycles. The molecule has 1 atom stereocenters. The maximum Gasteiger partial charge on any atom is 0.320 e. The van der Waals surface area contributed by atoms with Crippen LogP contribution in [-0.2, 0) is 11.2 Å². The number of carboxylic acids is 1. The number of ether oxygens (including phenoxy) is 2. The molecule has 0 heterocycles. The number of methoxy groups -OCH3 is 2. The summed E-state index contributed by atoms with van der Waals surface area (Å²) in [6.07, 6.45) is -0.324. The number of rotatable bonds is 5. The first kappa shape index (κ1) is 14.0. The van der Waals surface area contributed by atoms with Crippen LogP contribution in [0.3, 0.4) is 0 Å². The lowest BCUT2D eigenvalue weighted by molar-refractivity contribution is -0.138. The summed E-state index contributed by atoms with van der Waals surface area (Å²) in [5, 5.41) is 18.1. The van der Waals surface area contributed by atoms with Gasteiger partial charge in [0.2, 0.25) is 0 Å². The normalized spacial score (nSPS) is 12.0. The van der Waals surface area contributed by atoms with Gasteiger partial charge >= 0.3 is 5.97 Å². The maximum absolute atomic E-state index is 13.8. The van der Waals surface area contributed by atoms with Gasteiger partial charge in [0, 0.05) is 18.1 Å². The number of benzene rings is 1. The minimum absolute atomic E-state index is 0.0181. The second kappa shape index (κ2) is 5.54. The molecule has 100 valence electrons. The average Bonchev–Trinajstić information content (AvgIpc) is 2.34. The topological polar surface area (TPSA) is 102 Å². The van der Waals surface area contributed by atoms with Crippen LogP contribution in [-0.4, -0.2) is 36.4 Å². The van der Waals surface area contributed by atoms with Gasteiger partial charge in [-0.15, -0.1) is 0 Å². The van der Waals surface area contributed by atoms with Crippen molar-refractivity contribution in [2.45, 2.75) is 12.5 Å². The predicted octanol–water partition coefficient (Wildman–Crippen LogP) is 0.503. The number of nitrogens with two attached hydrogens (primary N) is 1. The number of phenols is 1. The molecule has 0 radical (unpaired) electrons. The van der Waals surface area contributed by atoms with Crippen molar-refractivity contribution in [2.24, 2.45) is 5.73 Å². The van der Waals surface area contributed by atoms with Crippen LogP contribution in [0.5, 0.6) is 17.2 Å². The monoisotopic (exact) mass is 259 g/mol. The standard InChI is InChI=1S/C11H14FNO5/c1-17-8-4-7(14)9(12)5(10(8)18-2)3-6(13)11(15)16/h4,6,14H,3,13H2,1-2H3,(H,15,16). The van der Waals surface area contributed by atoms with Gasteiger partial charge in [0.25, 0.3) is 0 Å². The smallest absolute Gasteiger partial charge is 0.320 e. The lowest BCUT2D eigenvalue weighted by Crippen LogP contribution is -2.32. The highest BCUT2D eigenvalue weighted by molar-refractivity contribution is 5.74. The summed E-state index contributed by atoms with van der Waals surface area (Å²) in [6, 6.07) is -0.260. The van der Waals surface area contributed by atoms with Gasteiger partial charge in [0.15, 0.2) is 23.1 Å². The molecule has 0 fully saturated rings. The van der Waals surface area contributed by atoms with E-state index < -0.39 is 23.6 Å². The van der Waals surface area contributed by atoms with Crippen molar-refractivity contribution in [3.05, 3.63) is 17.4 Å². The molecule has 0 aliphatic carbocycles. The van der Waals surface area contributed by atoms with Crippen LogP contribution in [0, 0.1) is 5.82 Å². The molecule has 0 amide bonds. The molecule has 0 bridgehead atoms. The molecule has 1 aromatic carbocycles. The summed E-state index contributed by atoms with van der Waals surface area (Å²) in [6.45, 7) is 0. The summed E-state index contributed by atoms with van der Waals surface area (Å²) >= 11 is 0. The van der Waals surface area contributed by atoms with E-state index in [-0.39, 0.29) is 23.5 Å². The first-order valence-electron chi connectivity index (χ1n) is 5.03. The van der Waals surface area contributed by atoms with Crippen LogP contribution in [0.4, 0.5) is 4.39 Å². The van der Waals surface area contributed by atoms with E-state index in [1.165, 1.54) is 14.2 Å². The Bertz CT molecular complexity index is 463. The molecule has 0 aliphatic rings. The zero-order chi connectivity index (χ0) is 13.9. The van der Waals surface area contributed by atoms with Gasteiger partial charge in [-0.3, -0.25) is 4.79 Å². The number of halogens is 1. The van der Waals surface area contributed by atoms with Crippen molar-refractivity contribution in [3.8, 4) is 17.2 Å². The van der Waals surface area contributed by atoms with Gasteiger partial charge in [-0.05, 0) is 0 Å². The number of aliphatic carboxylic acids is 1. The Hall–Kier alpha value is -2.02. The lowest BCUT2D eigenvalue weighted by Gasteiger charge is -2.16. The molecule has 1 rings (SSSR count). The number of carbonyl (C=O) groups is 1. The van der Waals surface area contributed by atoms with E-state index in [9.17, 15) is 14.3 Å². The number of carboxylic acid groups (broad SMARTS) is 1. The van der Waals surface area contributed by atoms with Crippen LogP contribution in [0.2, 0.25) is 0 Å². The lowest BCUT2D eigenvalue weighted by atomic mass is 10.0. The molecular weight excluding hydrogens is 245 g/mol. The average molecular weight is 259 g/mol. The molecule has 1 aromatic rings. The Morgan fingerprint density at radius 1 is 1.50 bits per heavy atom. The highest BCUT2D eigenvalue weighted by Gasteiger charge is 2.23. The highest BCUT2D eigenvalue weighted by Crippen LogP contribution is 2.38. The van der Waals surface area contributed by atoms with E-state index in [0.717, 1.165) is 6.07 Å². The Labute approximate surface area is 103 Å². The maximum atomic E-state index is 13.8. The zero-order valence-electron chi connectivity index (χ0n) is 9.94. The Morgan fingerprint density at radius 2 is 2.11 bits per heavy atom. The van der Waals surface area contributed by atoms with Gasteiger partial charge in [-0.2, -0.15) is 0 Å². The van der Waals surface area contributed by atoms with Crippen LogP contribution in [0.25, 0.3) is 0 Å². The van der Waals surface area contributed by atoms with Gasteiger partial charge < -0.3 is 25.4 Å². The van der Waals surface area contributed by atoms with Crippen molar-refractivity contribution < 1.29 is 28.9 Å². The van der Waals surface area contributed by atoms with Crippen LogP contribution >= 0.6 is 0 Å². The van der Waals surface area contributed by atoms with Crippen molar-refractivity contribution in [2.75, 3.05) is 14.2 Å². The summed E-state index contributed by atoms with van der Waals surface area (Å²) in [5.74, 6) is -2.78. The van der Waals surface area contributed by atoms with Gasteiger partial charge in [0.05, 0.1) is 14.2 Å². The van der Waals surface area contributed by atoms with Crippen molar-refractivity contribution in [3.63, 3.8) is 0 Å². The quantitative estimate of drug-likeness (QED) is 0.711. The molecule has 0 saturated carbocycles. The molecule has 6 nitrogen and oxygen atoms in total. The molecular formula is C11H14FNO5. The number of hydrogen-bond donors (Lipinski definition) is 3. The molecule has 0 saturated heterocycles. The van der Waals surface area contributed by atoms with E-state index >= 15 is 0 Å². The number of aromatic hydroxyl groups is 1. The third-order valence-electron chi connectivity index (χ3n) is 2.42. The molecule has 0 spiro atoms.